The molecule has 4 rings (SSSR count). The van der Waals surface area contributed by atoms with Gasteiger partial charge in [0, 0.05) is 26.2 Å². The maximum Gasteiger partial charge on any atom is 0.369 e. The van der Waals surface area contributed by atoms with Crippen molar-refractivity contribution in [2.45, 2.75) is 13.6 Å². The van der Waals surface area contributed by atoms with Crippen molar-refractivity contribution in [2.75, 3.05) is 37.7 Å². The number of hydrogen-bond donors (Lipinski definition) is 0. The molecular weight excluding hydrogens is 356 g/mol. The normalized spacial score (nSPS) is 15.0. The van der Waals surface area contributed by atoms with Crippen molar-refractivity contribution in [3.05, 3.63) is 65.1 Å². The van der Waals surface area contributed by atoms with E-state index in [0.717, 1.165) is 43.3 Å². The van der Waals surface area contributed by atoms with Gasteiger partial charge >= 0.3 is 5.69 Å². The van der Waals surface area contributed by atoms with Gasteiger partial charge in [0.2, 0.25) is 0 Å². The molecule has 2 aromatic carbocycles. The van der Waals surface area contributed by atoms with Gasteiger partial charge in [0.1, 0.15) is 12.4 Å². The van der Waals surface area contributed by atoms with Crippen LogP contribution in [0.25, 0.3) is 5.69 Å². The Hall–Kier alpha value is -3.13. The fraction of sp³-hybridized carbons (Fsp3) is 0.350. The van der Waals surface area contributed by atoms with E-state index in [1.165, 1.54) is 9.36 Å². The summed E-state index contributed by atoms with van der Waals surface area (Å²) in [5.41, 5.74) is 1.61. The average Bonchev–Trinajstić information content (AvgIpc) is 3.10. The molecule has 3 aromatic rings. The highest BCUT2D eigenvalue weighted by Crippen LogP contribution is 2.28. The highest BCUT2D eigenvalue weighted by atomic mass is 16.5. The Morgan fingerprint density at radius 3 is 2.39 bits per heavy atom. The smallest absolute Gasteiger partial charge is 0.369 e. The van der Waals surface area contributed by atoms with Gasteiger partial charge in [-0.25, -0.2) is 4.79 Å². The number of tetrazole rings is 1. The molecule has 1 aromatic heterocycles. The molecule has 1 fully saturated rings. The second-order valence-electron chi connectivity index (χ2n) is 6.66. The molecule has 146 valence electrons. The number of aromatic nitrogens is 4. The first-order chi connectivity index (χ1) is 13.8. The van der Waals surface area contributed by atoms with Crippen LogP contribution in [0.4, 0.5) is 5.69 Å². The molecule has 0 amide bonds. The largest absolute Gasteiger partial charge is 0.492 e. The summed E-state index contributed by atoms with van der Waals surface area (Å²) in [6.45, 7) is 6.49. The van der Waals surface area contributed by atoms with E-state index in [2.05, 4.69) is 26.3 Å². The van der Waals surface area contributed by atoms with Gasteiger partial charge in [0.15, 0.2) is 0 Å². The Morgan fingerprint density at radius 1 is 0.929 bits per heavy atom. The maximum absolute atomic E-state index is 12.6. The summed E-state index contributed by atoms with van der Waals surface area (Å²) in [5, 5.41) is 8.05. The topological polar surface area (TPSA) is 68.4 Å². The molecule has 0 spiro atoms. The molecule has 0 radical (unpaired) electrons. The molecule has 8 heteroatoms. The fourth-order valence-corrected chi connectivity index (χ4v) is 3.41. The SMILES string of the molecule is CCOc1ccccc1N1CCN(Cn2nnn(-c3ccccc3)c2=O)CC1. The molecule has 28 heavy (non-hydrogen) atoms. The van der Waals surface area contributed by atoms with E-state index in [1.807, 2.05) is 55.5 Å². The lowest BCUT2D eigenvalue weighted by Gasteiger charge is -2.36. The van der Waals surface area contributed by atoms with Crippen molar-refractivity contribution in [3.8, 4) is 11.4 Å². The van der Waals surface area contributed by atoms with Crippen LogP contribution in [0.15, 0.2) is 59.4 Å². The van der Waals surface area contributed by atoms with Crippen LogP contribution in [-0.4, -0.2) is 57.5 Å². The molecule has 0 unspecified atom stereocenters. The molecule has 8 nitrogen and oxygen atoms in total. The van der Waals surface area contributed by atoms with Gasteiger partial charge in [-0.05, 0) is 41.6 Å². The Balaban J connectivity index is 1.41. The third kappa shape index (κ3) is 3.77. The van der Waals surface area contributed by atoms with E-state index < -0.39 is 0 Å². The lowest BCUT2D eigenvalue weighted by Crippen LogP contribution is -2.48. The molecular formula is C20H24N6O2. The van der Waals surface area contributed by atoms with Crippen molar-refractivity contribution in [1.82, 2.24) is 24.7 Å². The summed E-state index contributed by atoms with van der Waals surface area (Å²) < 4.78 is 8.49. The van der Waals surface area contributed by atoms with E-state index in [-0.39, 0.29) is 5.69 Å². The van der Waals surface area contributed by atoms with Crippen LogP contribution >= 0.6 is 0 Å². The van der Waals surface area contributed by atoms with Crippen molar-refractivity contribution in [2.24, 2.45) is 0 Å². The van der Waals surface area contributed by atoms with Gasteiger partial charge in [-0.15, -0.1) is 0 Å². The number of piperazine rings is 1. The van der Waals surface area contributed by atoms with Crippen molar-refractivity contribution in [3.63, 3.8) is 0 Å². The number of ether oxygens (including phenoxy) is 1. The number of nitrogens with zero attached hydrogens (tertiary/aromatic N) is 6. The Bertz CT molecular complexity index is 960. The minimum Gasteiger partial charge on any atom is -0.492 e. The van der Waals surface area contributed by atoms with Crippen LogP contribution in [0.1, 0.15) is 6.92 Å². The van der Waals surface area contributed by atoms with Crippen LogP contribution in [0.5, 0.6) is 5.75 Å². The summed E-state index contributed by atoms with van der Waals surface area (Å²) in [4.78, 5) is 17.1. The number of anilines is 1. The molecule has 0 atom stereocenters. The first-order valence-corrected chi connectivity index (χ1v) is 9.53. The van der Waals surface area contributed by atoms with Crippen LogP contribution < -0.4 is 15.3 Å². The van der Waals surface area contributed by atoms with E-state index in [1.54, 1.807) is 0 Å². The number of benzene rings is 2. The van der Waals surface area contributed by atoms with Crippen LogP contribution in [0.2, 0.25) is 0 Å². The lowest BCUT2D eigenvalue weighted by molar-refractivity contribution is 0.190. The highest BCUT2D eigenvalue weighted by molar-refractivity contribution is 5.58. The van der Waals surface area contributed by atoms with Gasteiger partial charge in [-0.3, -0.25) is 4.90 Å². The number of para-hydroxylation sites is 3. The molecule has 0 bridgehead atoms. The van der Waals surface area contributed by atoms with Crippen LogP contribution in [0, 0.1) is 0 Å². The summed E-state index contributed by atoms with van der Waals surface area (Å²) in [6.07, 6.45) is 0. The zero-order valence-corrected chi connectivity index (χ0v) is 15.9. The summed E-state index contributed by atoms with van der Waals surface area (Å²) in [5.74, 6) is 0.917. The third-order valence-electron chi connectivity index (χ3n) is 4.85. The monoisotopic (exact) mass is 380 g/mol. The van der Waals surface area contributed by atoms with Crippen molar-refractivity contribution < 1.29 is 4.74 Å². The summed E-state index contributed by atoms with van der Waals surface area (Å²) in [6, 6.07) is 17.5. The second-order valence-corrected chi connectivity index (χ2v) is 6.66. The molecule has 0 aliphatic carbocycles. The van der Waals surface area contributed by atoms with Crippen LogP contribution in [0.3, 0.4) is 0 Å². The first-order valence-electron chi connectivity index (χ1n) is 9.53. The minimum absolute atomic E-state index is 0.227. The maximum atomic E-state index is 12.6. The molecule has 0 N–H and O–H groups in total. The van der Waals surface area contributed by atoms with Gasteiger partial charge in [0.05, 0.1) is 18.0 Å². The number of rotatable bonds is 6. The molecule has 1 aliphatic rings. The third-order valence-corrected chi connectivity index (χ3v) is 4.85. The molecule has 0 saturated carbocycles. The van der Waals surface area contributed by atoms with Gasteiger partial charge < -0.3 is 9.64 Å². The molecule has 2 heterocycles. The lowest BCUT2D eigenvalue weighted by atomic mass is 10.2. The molecule has 1 saturated heterocycles. The number of hydrogen-bond acceptors (Lipinski definition) is 6. The summed E-state index contributed by atoms with van der Waals surface area (Å²) in [7, 11) is 0. The van der Waals surface area contributed by atoms with Crippen LogP contribution in [-0.2, 0) is 6.67 Å². The minimum atomic E-state index is -0.227. The summed E-state index contributed by atoms with van der Waals surface area (Å²) >= 11 is 0. The highest BCUT2D eigenvalue weighted by Gasteiger charge is 2.21. The van der Waals surface area contributed by atoms with Crippen molar-refractivity contribution in [1.29, 1.82) is 0 Å². The zero-order chi connectivity index (χ0) is 19.3. The molecule has 1 aliphatic heterocycles. The van der Waals surface area contributed by atoms with E-state index in [0.29, 0.717) is 13.3 Å². The predicted molar refractivity (Wildman–Crippen MR) is 107 cm³/mol. The Morgan fingerprint density at radius 2 is 1.64 bits per heavy atom. The second kappa shape index (κ2) is 8.26. The quantitative estimate of drug-likeness (QED) is 0.647. The van der Waals surface area contributed by atoms with E-state index in [4.69, 9.17) is 4.74 Å². The zero-order valence-electron chi connectivity index (χ0n) is 15.9. The van der Waals surface area contributed by atoms with E-state index in [9.17, 15) is 4.79 Å². The average molecular weight is 380 g/mol. The first kappa shape index (κ1) is 18.2. The Kier molecular flexibility index (Phi) is 5.38. The standard InChI is InChI=1S/C20H24N6O2/c1-2-28-19-11-7-6-10-18(19)24-14-12-23(13-15-24)16-25-20(27)26(22-21-25)17-8-4-3-5-9-17/h3-11H,2,12-16H2,1H3. The van der Waals surface area contributed by atoms with Crippen molar-refractivity contribution >= 4 is 5.69 Å². The Labute approximate surface area is 163 Å². The fourth-order valence-electron chi connectivity index (χ4n) is 3.41. The van der Waals surface area contributed by atoms with Gasteiger partial charge in [-0.2, -0.15) is 9.36 Å². The van der Waals surface area contributed by atoms with Gasteiger partial charge in [0.25, 0.3) is 0 Å². The van der Waals surface area contributed by atoms with E-state index >= 15 is 0 Å². The van der Waals surface area contributed by atoms with Gasteiger partial charge in [-0.1, -0.05) is 30.3 Å². The predicted octanol–water partition coefficient (Wildman–Crippen LogP) is 1.61.